The Morgan fingerprint density at radius 3 is 2.72 bits per heavy atom. The lowest BCUT2D eigenvalue weighted by Gasteiger charge is -2.17. The summed E-state index contributed by atoms with van der Waals surface area (Å²) in [7, 11) is 0. The standard InChI is InChI=1S/C13H15NO4/c1-4-7-17-14-10(6-3)12-11(15)8-9(5-2)18-13(12)16/h1,8,14H,5-7H2,2-3H3. The monoisotopic (exact) mass is 249 g/mol. The SMILES string of the molecule is C#CCONC(CC)=C1C(=O)C=C(CC)OC1=O. The molecule has 0 spiro atoms. The number of carbonyl (C=O) groups is 2. The minimum Gasteiger partial charge on any atom is -0.427 e. The van der Waals surface area contributed by atoms with Crippen LogP contribution in [0.4, 0.5) is 0 Å². The van der Waals surface area contributed by atoms with Gasteiger partial charge in [0.1, 0.15) is 17.9 Å². The van der Waals surface area contributed by atoms with E-state index in [0.717, 1.165) is 0 Å². The summed E-state index contributed by atoms with van der Waals surface area (Å²) in [5.41, 5.74) is 2.85. The third-order valence-corrected chi connectivity index (χ3v) is 2.32. The lowest BCUT2D eigenvalue weighted by molar-refractivity contribution is -0.138. The zero-order valence-electron chi connectivity index (χ0n) is 10.4. The molecule has 0 aromatic heterocycles. The lowest BCUT2D eigenvalue weighted by atomic mass is 10.0. The van der Waals surface area contributed by atoms with Gasteiger partial charge in [0.2, 0.25) is 0 Å². The molecule has 1 N–H and O–H groups in total. The van der Waals surface area contributed by atoms with Gasteiger partial charge in [0, 0.05) is 12.5 Å². The average Bonchev–Trinajstić information content (AvgIpc) is 2.35. The zero-order chi connectivity index (χ0) is 13.5. The Bertz CT molecular complexity index is 454. The highest BCUT2D eigenvalue weighted by atomic mass is 16.6. The molecule has 0 unspecified atom stereocenters. The molecule has 5 heteroatoms. The number of hydrogen-bond donors (Lipinski definition) is 1. The average molecular weight is 249 g/mol. The molecule has 0 aromatic rings. The van der Waals surface area contributed by atoms with E-state index in [2.05, 4.69) is 11.4 Å². The Kier molecular flexibility index (Phi) is 5.15. The van der Waals surface area contributed by atoms with Crippen LogP contribution in [0.25, 0.3) is 0 Å². The van der Waals surface area contributed by atoms with Crippen molar-refractivity contribution in [1.82, 2.24) is 5.48 Å². The molecule has 0 atom stereocenters. The Hall–Kier alpha value is -2.06. The Morgan fingerprint density at radius 1 is 1.50 bits per heavy atom. The third-order valence-electron chi connectivity index (χ3n) is 2.32. The van der Waals surface area contributed by atoms with Gasteiger partial charge in [0.05, 0.1) is 5.70 Å². The summed E-state index contributed by atoms with van der Waals surface area (Å²) in [4.78, 5) is 28.5. The highest BCUT2D eigenvalue weighted by Crippen LogP contribution is 2.19. The number of carbonyl (C=O) groups excluding carboxylic acids is 2. The van der Waals surface area contributed by atoms with E-state index in [0.29, 0.717) is 24.3 Å². The van der Waals surface area contributed by atoms with Crippen LogP contribution >= 0.6 is 0 Å². The molecule has 1 rings (SSSR count). The first-order valence-electron chi connectivity index (χ1n) is 5.65. The van der Waals surface area contributed by atoms with Gasteiger partial charge < -0.3 is 4.74 Å². The summed E-state index contributed by atoms with van der Waals surface area (Å²) in [5.74, 6) is 1.60. The van der Waals surface area contributed by atoms with Crippen molar-refractivity contribution in [1.29, 1.82) is 0 Å². The number of esters is 1. The van der Waals surface area contributed by atoms with Crippen molar-refractivity contribution in [3.05, 3.63) is 23.1 Å². The third kappa shape index (κ3) is 3.22. The number of terminal acetylenes is 1. The maximum Gasteiger partial charge on any atom is 0.349 e. The normalized spacial score (nSPS) is 17.7. The molecular formula is C13H15NO4. The van der Waals surface area contributed by atoms with Gasteiger partial charge in [-0.05, 0) is 6.42 Å². The summed E-state index contributed by atoms with van der Waals surface area (Å²) >= 11 is 0. The second-order valence-electron chi connectivity index (χ2n) is 3.52. The van der Waals surface area contributed by atoms with Gasteiger partial charge in [-0.15, -0.1) is 6.42 Å². The molecule has 5 nitrogen and oxygen atoms in total. The Morgan fingerprint density at radius 2 is 2.22 bits per heavy atom. The number of hydrogen-bond acceptors (Lipinski definition) is 5. The van der Waals surface area contributed by atoms with Crippen LogP contribution in [0.15, 0.2) is 23.1 Å². The molecule has 0 bridgehead atoms. The quantitative estimate of drug-likeness (QED) is 0.198. The molecule has 0 fully saturated rings. The van der Waals surface area contributed by atoms with Crippen molar-refractivity contribution in [3.63, 3.8) is 0 Å². The number of ether oxygens (including phenoxy) is 1. The van der Waals surface area contributed by atoms with Crippen molar-refractivity contribution < 1.29 is 19.2 Å². The molecular weight excluding hydrogens is 234 g/mol. The molecule has 1 aliphatic heterocycles. The molecule has 0 saturated carbocycles. The molecule has 18 heavy (non-hydrogen) atoms. The molecule has 0 aromatic carbocycles. The molecule has 0 saturated heterocycles. The first kappa shape index (κ1) is 14.0. The van der Waals surface area contributed by atoms with E-state index in [1.165, 1.54) is 6.08 Å². The van der Waals surface area contributed by atoms with E-state index in [4.69, 9.17) is 16.0 Å². The van der Waals surface area contributed by atoms with E-state index in [-0.39, 0.29) is 18.0 Å². The van der Waals surface area contributed by atoms with E-state index in [1.54, 1.807) is 13.8 Å². The van der Waals surface area contributed by atoms with Gasteiger partial charge in [0.25, 0.3) is 0 Å². The van der Waals surface area contributed by atoms with Crippen molar-refractivity contribution in [2.24, 2.45) is 0 Å². The summed E-state index contributed by atoms with van der Waals surface area (Å²) in [6.07, 6.45) is 7.26. The predicted octanol–water partition coefficient (Wildman–Crippen LogP) is 1.22. The second kappa shape index (κ2) is 6.62. The van der Waals surface area contributed by atoms with Crippen LogP contribution in [-0.4, -0.2) is 18.4 Å². The van der Waals surface area contributed by atoms with Crippen LogP contribution in [0.1, 0.15) is 26.7 Å². The summed E-state index contributed by atoms with van der Waals surface area (Å²) in [5, 5.41) is 0. The topological polar surface area (TPSA) is 64.6 Å². The van der Waals surface area contributed by atoms with E-state index in [1.807, 2.05) is 0 Å². The van der Waals surface area contributed by atoms with Crippen LogP contribution in [0, 0.1) is 12.3 Å². The van der Waals surface area contributed by atoms with Gasteiger partial charge >= 0.3 is 5.97 Å². The highest BCUT2D eigenvalue weighted by molar-refractivity contribution is 6.24. The van der Waals surface area contributed by atoms with Crippen LogP contribution in [0.3, 0.4) is 0 Å². The van der Waals surface area contributed by atoms with Crippen LogP contribution < -0.4 is 5.48 Å². The van der Waals surface area contributed by atoms with Gasteiger partial charge in [-0.2, -0.15) is 0 Å². The van der Waals surface area contributed by atoms with E-state index < -0.39 is 5.97 Å². The maximum atomic E-state index is 11.8. The molecule has 0 amide bonds. The van der Waals surface area contributed by atoms with Crippen LogP contribution in [0.2, 0.25) is 0 Å². The van der Waals surface area contributed by atoms with Crippen molar-refractivity contribution in [2.75, 3.05) is 6.61 Å². The molecule has 1 aliphatic rings. The fourth-order valence-electron chi connectivity index (χ4n) is 1.43. The molecule has 0 radical (unpaired) electrons. The maximum absolute atomic E-state index is 11.8. The van der Waals surface area contributed by atoms with Gasteiger partial charge in [-0.1, -0.05) is 19.8 Å². The van der Waals surface area contributed by atoms with Gasteiger partial charge in [0.15, 0.2) is 5.78 Å². The van der Waals surface area contributed by atoms with Crippen molar-refractivity contribution >= 4 is 11.8 Å². The molecule has 96 valence electrons. The van der Waals surface area contributed by atoms with Gasteiger partial charge in [-0.3, -0.25) is 15.1 Å². The fourth-order valence-corrected chi connectivity index (χ4v) is 1.43. The van der Waals surface area contributed by atoms with Crippen molar-refractivity contribution in [2.45, 2.75) is 26.7 Å². The molecule has 0 aliphatic carbocycles. The minimum absolute atomic E-state index is 0.0354. The summed E-state index contributed by atoms with van der Waals surface area (Å²) in [6, 6.07) is 0. The van der Waals surface area contributed by atoms with Crippen LogP contribution in [0.5, 0.6) is 0 Å². The Balaban J connectivity index is 2.97. The first-order valence-corrected chi connectivity index (χ1v) is 5.65. The second-order valence-corrected chi connectivity index (χ2v) is 3.52. The number of hydroxylamine groups is 1. The number of cyclic esters (lactones) is 1. The first-order chi connectivity index (χ1) is 8.63. The highest BCUT2D eigenvalue weighted by Gasteiger charge is 2.28. The number of rotatable bonds is 5. The zero-order valence-corrected chi connectivity index (χ0v) is 10.4. The number of allylic oxidation sites excluding steroid dienone is 3. The lowest BCUT2D eigenvalue weighted by Crippen LogP contribution is -2.27. The smallest absolute Gasteiger partial charge is 0.349 e. The number of ketones is 1. The Labute approximate surface area is 106 Å². The van der Waals surface area contributed by atoms with E-state index >= 15 is 0 Å². The molecule has 1 heterocycles. The number of nitrogens with one attached hydrogen (secondary N) is 1. The van der Waals surface area contributed by atoms with Gasteiger partial charge in [-0.25, -0.2) is 4.79 Å². The minimum atomic E-state index is -0.659. The summed E-state index contributed by atoms with van der Waals surface area (Å²) < 4.78 is 5.02. The van der Waals surface area contributed by atoms with Crippen molar-refractivity contribution in [3.8, 4) is 12.3 Å². The largest absolute Gasteiger partial charge is 0.427 e. The van der Waals surface area contributed by atoms with Crippen LogP contribution in [-0.2, 0) is 19.2 Å². The predicted molar refractivity (Wildman–Crippen MR) is 64.7 cm³/mol. The van der Waals surface area contributed by atoms with E-state index in [9.17, 15) is 9.59 Å². The fraction of sp³-hybridized carbons (Fsp3) is 0.385. The summed E-state index contributed by atoms with van der Waals surface area (Å²) in [6.45, 7) is 3.63.